The summed E-state index contributed by atoms with van der Waals surface area (Å²) < 4.78 is 44.5. The van der Waals surface area contributed by atoms with Crippen LogP contribution in [0.2, 0.25) is 0 Å². The van der Waals surface area contributed by atoms with Crippen LogP contribution in [0.5, 0.6) is 0 Å². The summed E-state index contributed by atoms with van der Waals surface area (Å²) in [5.41, 5.74) is 0. The second-order valence-electron chi connectivity index (χ2n) is 2.17. The van der Waals surface area contributed by atoms with E-state index >= 15 is 0 Å². The lowest BCUT2D eigenvalue weighted by Crippen LogP contribution is -1.81. The first-order valence-corrected chi connectivity index (χ1v) is 3.96. The van der Waals surface area contributed by atoms with Gasteiger partial charge in [-0.05, 0) is 26.0 Å². The van der Waals surface area contributed by atoms with Crippen LogP contribution in [0.1, 0.15) is 13.8 Å². The molecule has 0 aliphatic carbocycles. The maximum atomic E-state index is 11.3. The highest BCUT2D eigenvalue weighted by Crippen LogP contribution is 1.90. The number of alkyl halides is 2. The highest BCUT2D eigenvalue weighted by Gasteiger charge is 1.75. The lowest BCUT2D eigenvalue weighted by atomic mass is 10.5. The molecule has 0 aromatic heterocycles. The minimum Gasteiger partial charge on any atom is -0.450 e. The van der Waals surface area contributed by atoms with E-state index in [1.54, 1.807) is 0 Å². The van der Waals surface area contributed by atoms with Gasteiger partial charge in [0.25, 0.3) is 0 Å². The van der Waals surface area contributed by atoms with Gasteiger partial charge in [-0.25, -0.2) is 22.4 Å². The Hall–Kier alpha value is -1.53. The molecule has 2 N–H and O–H groups in total. The van der Waals surface area contributed by atoms with Gasteiger partial charge in [-0.2, -0.15) is 0 Å². The zero-order chi connectivity index (χ0) is 13.6. The van der Waals surface area contributed by atoms with E-state index in [-0.39, 0.29) is 0 Å². The monoisotopic (exact) mass is 246 g/mol. The van der Waals surface area contributed by atoms with Gasteiger partial charge in [0.05, 0.1) is 11.7 Å². The summed E-state index contributed by atoms with van der Waals surface area (Å²) in [6.45, 7) is 1.00. The number of hydrogen-bond acceptors (Lipinski definition) is 1. The molecule has 16 heavy (non-hydrogen) atoms. The molecule has 0 atom stereocenters. The van der Waals surface area contributed by atoms with Crippen LogP contribution in [-0.2, 0) is 0 Å². The Labute approximate surface area is 90.7 Å². The molecule has 0 unspecified atom stereocenters. The van der Waals surface area contributed by atoms with Gasteiger partial charge in [0.15, 0.2) is 0 Å². The van der Waals surface area contributed by atoms with Crippen molar-refractivity contribution in [2.24, 2.45) is 0 Å². The third-order valence-electron chi connectivity index (χ3n) is 0.717. The van der Waals surface area contributed by atoms with Crippen LogP contribution in [0.25, 0.3) is 0 Å². The summed E-state index contributed by atoms with van der Waals surface area (Å²) in [6, 6.07) is 0. The molecule has 0 amide bonds. The quantitative estimate of drug-likeness (QED) is 0.727. The third-order valence-corrected chi connectivity index (χ3v) is 0.717. The molecule has 0 aromatic rings. The fourth-order valence-corrected chi connectivity index (χ4v) is 0.213. The van der Waals surface area contributed by atoms with Crippen LogP contribution < -0.4 is 0 Å². The first-order chi connectivity index (χ1) is 7.27. The number of rotatable bonds is 2. The van der Waals surface area contributed by atoms with Crippen LogP contribution in [0, 0.1) is 0 Å². The van der Waals surface area contributed by atoms with E-state index in [1.165, 1.54) is 13.8 Å². The normalized spacial score (nSPS) is 10.6. The van der Waals surface area contributed by atoms with Crippen LogP contribution in [0.3, 0.4) is 0 Å². The number of carboxylic acid groups (broad SMARTS) is 2. The largest absolute Gasteiger partial charge is 0.503 e. The Balaban J connectivity index is -0.000000162. The molecule has 0 rings (SSSR count). The lowest BCUT2D eigenvalue weighted by molar-refractivity contribution is 0.137. The summed E-state index contributed by atoms with van der Waals surface area (Å²) in [6.07, 6.45) is -0.0833. The molecule has 0 saturated carbocycles. The van der Waals surface area contributed by atoms with E-state index < -0.39 is 31.2 Å². The molecule has 0 aliphatic heterocycles. The second kappa shape index (κ2) is 15.9. The number of allylic oxidation sites excluding steroid dienone is 4. The predicted molar refractivity (Wildman–Crippen MR) is 52.3 cm³/mol. The molecular weight excluding hydrogens is 232 g/mol. The molecule has 0 aromatic carbocycles. The van der Waals surface area contributed by atoms with Crippen molar-refractivity contribution in [3.05, 3.63) is 23.8 Å². The minimum absolute atomic E-state index is 0.461. The van der Waals surface area contributed by atoms with Crippen molar-refractivity contribution in [2.75, 3.05) is 13.3 Å². The van der Waals surface area contributed by atoms with E-state index in [2.05, 4.69) is 0 Å². The van der Waals surface area contributed by atoms with Crippen LogP contribution in [0.4, 0.5) is 22.4 Å². The van der Waals surface area contributed by atoms with E-state index in [1.807, 2.05) is 0 Å². The van der Waals surface area contributed by atoms with Crippen molar-refractivity contribution in [3.63, 3.8) is 0 Å². The Morgan fingerprint density at radius 3 is 1.19 bits per heavy atom. The van der Waals surface area contributed by atoms with Crippen molar-refractivity contribution in [2.45, 2.75) is 13.8 Å². The molecule has 3 nitrogen and oxygen atoms in total. The Morgan fingerprint density at radius 2 is 1.19 bits per heavy atom. The van der Waals surface area contributed by atoms with Gasteiger partial charge in [-0.15, -0.1) is 0 Å². The summed E-state index contributed by atoms with van der Waals surface area (Å²) in [4.78, 5) is 8.56. The Bertz CT molecular complexity index is 197. The first kappa shape index (κ1) is 20.0. The molecule has 0 aliphatic rings. The Kier molecular flexibility index (Phi) is 19.9. The average molecular weight is 246 g/mol. The van der Waals surface area contributed by atoms with E-state index in [4.69, 9.17) is 15.0 Å². The van der Waals surface area contributed by atoms with Gasteiger partial charge in [-0.1, -0.05) is 0 Å². The first-order valence-electron chi connectivity index (χ1n) is 3.96. The van der Waals surface area contributed by atoms with Gasteiger partial charge >= 0.3 is 6.16 Å². The SMILES string of the molecule is CC(F)=CCF.CC(F)=CCF.O=C(O)O. The minimum atomic E-state index is -1.83. The van der Waals surface area contributed by atoms with Gasteiger partial charge < -0.3 is 10.2 Å². The van der Waals surface area contributed by atoms with Crippen molar-refractivity contribution in [1.82, 2.24) is 0 Å². The molecule has 0 bridgehead atoms. The number of halogens is 4. The molecule has 0 heterocycles. The van der Waals surface area contributed by atoms with Gasteiger partial charge in [-0.3, -0.25) is 0 Å². The summed E-state index contributed by atoms with van der Waals surface area (Å²) in [7, 11) is 0. The van der Waals surface area contributed by atoms with Gasteiger partial charge in [0, 0.05) is 0 Å². The zero-order valence-corrected chi connectivity index (χ0v) is 8.88. The molecule has 0 spiro atoms. The molecule has 7 heteroatoms. The van der Waals surface area contributed by atoms with Crippen molar-refractivity contribution >= 4 is 6.16 Å². The van der Waals surface area contributed by atoms with E-state index in [0.717, 1.165) is 12.2 Å². The molecule has 0 radical (unpaired) electrons. The van der Waals surface area contributed by atoms with E-state index in [9.17, 15) is 17.6 Å². The standard InChI is InChI=1S/2C4H6F2.CH2O3/c2*1-4(6)2-3-5;2-1(3)4/h2*2H,3H2,1H3;(H2,2,3,4). The molecule has 96 valence electrons. The summed E-state index contributed by atoms with van der Waals surface area (Å²) in [5.74, 6) is -0.921. The smallest absolute Gasteiger partial charge is 0.450 e. The second-order valence-corrected chi connectivity index (χ2v) is 2.17. The topological polar surface area (TPSA) is 57.5 Å². The van der Waals surface area contributed by atoms with Crippen LogP contribution >= 0.6 is 0 Å². The van der Waals surface area contributed by atoms with Crippen molar-refractivity contribution < 1.29 is 32.6 Å². The fraction of sp³-hybridized carbons (Fsp3) is 0.444. The van der Waals surface area contributed by atoms with Gasteiger partial charge in [0.2, 0.25) is 0 Å². The lowest BCUT2D eigenvalue weighted by Gasteiger charge is -1.73. The maximum Gasteiger partial charge on any atom is 0.503 e. The molecule has 0 fully saturated rings. The average Bonchev–Trinajstić information content (AvgIpc) is 2.02. The number of carbonyl (C=O) groups is 1. The maximum absolute atomic E-state index is 11.3. The predicted octanol–water partition coefficient (Wildman–Crippen LogP) is 3.88. The van der Waals surface area contributed by atoms with Gasteiger partial charge in [0.1, 0.15) is 13.3 Å². The number of hydrogen-bond donors (Lipinski definition) is 2. The molecular formula is C9H14F4O3. The van der Waals surface area contributed by atoms with Crippen molar-refractivity contribution in [3.8, 4) is 0 Å². The fourth-order valence-electron chi connectivity index (χ4n) is 0.213. The van der Waals surface area contributed by atoms with Crippen LogP contribution in [0.15, 0.2) is 23.8 Å². The van der Waals surface area contributed by atoms with Crippen molar-refractivity contribution in [1.29, 1.82) is 0 Å². The summed E-state index contributed by atoms with van der Waals surface area (Å²) >= 11 is 0. The van der Waals surface area contributed by atoms with E-state index in [0.29, 0.717) is 0 Å². The third kappa shape index (κ3) is 82.1. The van der Waals surface area contributed by atoms with Crippen LogP contribution in [-0.4, -0.2) is 29.7 Å². The highest BCUT2D eigenvalue weighted by molar-refractivity contribution is 5.53. The summed E-state index contributed by atoms with van der Waals surface area (Å²) in [5, 5.41) is 13.9. The molecule has 0 saturated heterocycles. The highest BCUT2D eigenvalue weighted by atomic mass is 19.1. The zero-order valence-electron chi connectivity index (χ0n) is 8.88. The Morgan fingerprint density at radius 1 is 1.00 bits per heavy atom.